The van der Waals surface area contributed by atoms with Crippen LogP contribution < -0.4 is 10.6 Å². The standard InChI is InChI=1S/C15H20N4O2/c1-12(6-9-19-8-3-7-16-19)17-13-4-2-5-14(10-13)18-15(21)11-20/h2-5,7-8,10,12,17,20H,6,9,11H2,1H3,(H,18,21). The van der Waals surface area contributed by atoms with Crippen LogP contribution in [0.4, 0.5) is 11.4 Å². The van der Waals surface area contributed by atoms with Gasteiger partial charge in [0.25, 0.3) is 0 Å². The number of hydrogen-bond donors (Lipinski definition) is 3. The van der Waals surface area contributed by atoms with E-state index >= 15 is 0 Å². The number of hydrogen-bond acceptors (Lipinski definition) is 4. The zero-order chi connectivity index (χ0) is 15.1. The van der Waals surface area contributed by atoms with Crippen molar-refractivity contribution < 1.29 is 9.90 Å². The van der Waals surface area contributed by atoms with Crippen molar-refractivity contribution >= 4 is 17.3 Å². The Morgan fingerprint density at radius 1 is 1.38 bits per heavy atom. The van der Waals surface area contributed by atoms with Crippen LogP contribution in [-0.4, -0.2) is 33.4 Å². The Balaban J connectivity index is 1.86. The molecule has 0 fully saturated rings. The molecule has 6 nitrogen and oxygen atoms in total. The molecule has 0 aliphatic rings. The predicted octanol–water partition coefficient (Wildman–Crippen LogP) is 1.70. The normalized spacial score (nSPS) is 11.9. The molecule has 1 unspecified atom stereocenters. The van der Waals surface area contributed by atoms with Crippen molar-refractivity contribution in [3.63, 3.8) is 0 Å². The Morgan fingerprint density at radius 3 is 2.90 bits per heavy atom. The molecule has 0 aliphatic carbocycles. The van der Waals surface area contributed by atoms with Crippen LogP contribution in [0.15, 0.2) is 42.7 Å². The number of nitrogens with one attached hydrogen (secondary N) is 2. The van der Waals surface area contributed by atoms with E-state index in [0.717, 1.165) is 18.7 Å². The van der Waals surface area contributed by atoms with Gasteiger partial charge in [-0.25, -0.2) is 0 Å². The SMILES string of the molecule is CC(CCn1cccn1)Nc1cccc(NC(=O)CO)c1. The summed E-state index contributed by atoms with van der Waals surface area (Å²) >= 11 is 0. The topological polar surface area (TPSA) is 79.2 Å². The van der Waals surface area contributed by atoms with Crippen LogP contribution in [0.25, 0.3) is 0 Å². The molecule has 0 aliphatic heterocycles. The van der Waals surface area contributed by atoms with Crippen LogP contribution >= 0.6 is 0 Å². The number of carbonyl (C=O) groups excluding carboxylic acids is 1. The summed E-state index contributed by atoms with van der Waals surface area (Å²) in [5, 5.41) is 18.9. The average Bonchev–Trinajstić information content (AvgIpc) is 2.98. The molecule has 1 atom stereocenters. The Bertz CT molecular complexity index is 569. The largest absolute Gasteiger partial charge is 0.387 e. The summed E-state index contributed by atoms with van der Waals surface area (Å²) < 4.78 is 1.90. The summed E-state index contributed by atoms with van der Waals surface area (Å²) in [6.45, 7) is 2.43. The van der Waals surface area contributed by atoms with Crippen LogP contribution in [0.2, 0.25) is 0 Å². The Morgan fingerprint density at radius 2 is 2.19 bits per heavy atom. The molecule has 0 spiro atoms. The maximum absolute atomic E-state index is 11.2. The first-order chi connectivity index (χ1) is 10.2. The molecule has 1 aromatic carbocycles. The fraction of sp³-hybridized carbons (Fsp3) is 0.333. The number of aliphatic hydroxyl groups excluding tert-OH is 1. The Kier molecular flexibility index (Phi) is 5.34. The highest BCUT2D eigenvalue weighted by Crippen LogP contribution is 2.16. The van der Waals surface area contributed by atoms with E-state index in [-0.39, 0.29) is 6.04 Å². The zero-order valence-corrected chi connectivity index (χ0v) is 12.0. The third kappa shape index (κ3) is 4.92. The van der Waals surface area contributed by atoms with Crippen LogP contribution in [0, 0.1) is 0 Å². The number of carbonyl (C=O) groups is 1. The van der Waals surface area contributed by atoms with E-state index < -0.39 is 12.5 Å². The van der Waals surface area contributed by atoms with E-state index in [4.69, 9.17) is 5.11 Å². The summed E-state index contributed by atoms with van der Waals surface area (Å²) in [5.74, 6) is -0.418. The number of aliphatic hydroxyl groups is 1. The average molecular weight is 288 g/mol. The maximum Gasteiger partial charge on any atom is 0.250 e. The summed E-state index contributed by atoms with van der Waals surface area (Å²) in [6.07, 6.45) is 4.65. The second-order valence-corrected chi connectivity index (χ2v) is 4.89. The highest BCUT2D eigenvalue weighted by atomic mass is 16.3. The van der Waals surface area contributed by atoms with Crippen molar-refractivity contribution in [3.05, 3.63) is 42.7 Å². The predicted molar refractivity (Wildman–Crippen MR) is 82.1 cm³/mol. The van der Waals surface area contributed by atoms with Crippen molar-refractivity contribution in [1.82, 2.24) is 9.78 Å². The van der Waals surface area contributed by atoms with Gasteiger partial charge in [-0.3, -0.25) is 9.48 Å². The van der Waals surface area contributed by atoms with E-state index in [1.807, 2.05) is 35.1 Å². The molecule has 3 N–H and O–H groups in total. The van der Waals surface area contributed by atoms with Gasteiger partial charge in [0.1, 0.15) is 6.61 Å². The number of aromatic nitrogens is 2. The molecule has 0 bridgehead atoms. The van der Waals surface area contributed by atoms with E-state index in [9.17, 15) is 4.79 Å². The van der Waals surface area contributed by atoms with Gasteiger partial charge < -0.3 is 15.7 Å². The van der Waals surface area contributed by atoms with Crippen LogP contribution in [0.3, 0.4) is 0 Å². The molecule has 6 heteroatoms. The van der Waals surface area contributed by atoms with Crippen molar-refractivity contribution in [1.29, 1.82) is 0 Å². The second kappa shape index (κ2) is 7.44. The van der Waals surface area contributed by atoms with E-state index in [2.05, 4.69) is 22.7 Å². The third-order valence-electron chi connectivity index (χ3n) is 3.05. The van der Waals surface area contributed by atoms with Crippen molar-refractivity contribution in [3.8, 4) is 0 Å². The van der Waals surface area contributed by atoms with E-state index in [1.54, 1.807) is 12.3 Å². The molecule has 1 heterocycles. The molecule has 0 saturated carbocycles. The molecule has 0 saturated heterocycles. The van der Waals surface area contributed by atoms with Gasteiger partial charge in [0.2, 0.25) is 5.91 Å². The first-order valence-electron chi connectivity index (χ1n) is 6.92. The molecule has 1 amide bonds. The van der Waals surface area contributed by atoms with Gasteiger partial charge in [0.15, 0.2) is 0 Å². The summed E-state index contributed by atoms with van der Waals surface area (Å²) in [6, 6.07) is 9.61. The van der Waals surface area contributed by atoms with E-state index in [1.165, 1.54) is 0 Å². The fourth-order valence-electron chi connectivity index (χ4n) is 2.00. The number of aryl methyl sites for hydroxylation is 1. The lowest BCUT2D eigenvalue weighted by Gasteiger charge is -2.16. The first-order valence-corrected chi connectivity index (χ1v) is 6.92. The minimum Gasteiger partial charge on any atom is -0.387 e. The van der Waals surface area contributed by atoms with Gasteiger partial charge in [-0.15, -0.1) is 0 Å². The number of anilines is 2. The molecule has 112 valence electrons. The summed E-state index contributed by atoms with van der Waals surface area (Å²) in [4.78, 5) is 11.2. The number of nitrogens with zero attached hydrogens (tertiary/aromatic N) is 2. The van der Waals surface area contributed by atoms with Crippen LogP contribution in [0.1, 0.15) is 13.3 Å². The monoisotopic (exact) mass is 288 g/mol. The smallest absolute Gasteiger partial charge is 0.250 e. The lowest BCUT2D eigenvalue weighted by atomic mass is 10.2. The van der Waals surface area contributed by atoms with Crippen LogP contribution in [0.5, 0.6) is 0 Å². The van der Waals surface area contributed by atoms with Crippen LogP contribution in [-0.2, 0) is 11.3 Å². The Labute approximate surface area is 123 Å². The van der Waals surface area contributed by atoms with Crippen molar-refractivity contribution in [2.75, 3.05) is 17.2 Å². The van der Waals surface area contributed by atoms with Crippen molar-refractivity contribution in [2.45, 2.75) is 25.9 Å². The van der Waals surface area contributed by atoms with Gasteiger partial charge in [0, 0.05) is 36.4 Å². The fourth-order valence-corrected chi connectivity index (χ4v) is 2.00. The van der Waals surface area contributed by atoms with Gasteiger partial charge in [0.05, 0.1) is 0 Å². The summed E-state index contributed by atoms with van der Waals surface area (Å²) in [5.41, 5.74) is 1.59. The molecule has 2 rings (SSSR count). The minimum absolute atomic E-state index is 0.276. The molecule has 0 radical (unpaired) electrons. The minimum atomic E-state index is -0.516. The molecular formula is C15H20N4O2. The van der Waals surface area contributed by atoms with Gasteiger partial charge >= 0.3 is 0 Å². The zero-order valence-electron chi connectivity index (χ0n) is 12.0. The first kappa shape index (κ1) is 15.1. The number of rotatable bonds is 7. The highest BCUT2D eigenvalue weighted by Gasteiger charge is 2.05. The van der Waals surface area contributed by atoms with Gasteiger partial charge in [-0.2, -0.15) is 5.10 Å². The number of amides is 1. The maximum atomic E-state index is 11.2. The molecular weight excluding hydrogens is 268 g/mol. The molecule has 1 aromatic heterocycles. The molecule has 21 heavy (non-hydrogen) atoms. The van der Waals surface area contributed by atoms with Gasteiger partial charge in [-0.1, -0.05) is 6.07 Å². The third-order valence-corrected chi connectivity index (χ3v) is 3.05. The lowest BCUT2D eigenvalue weighted by molar-refractivity contribution is -0.118. The van der Waals surface area contributed by atoms with Crippen molar-refractivity contribution in [2.24, 2.45) is 0 Å². The summed E-state index contributed by atoms with van der Waals surface area (Å²) in [7, 11) is 0. The highest BCUT2D eigenvalue weighted by molar-refractivity contribution is 5.91. The molecule has 2 aromatic rings. The van der Waals surface area contributed by atoms with E-state index in [0.29, 0.717) is 5.69 Å². The number of benzene rings is 1. The Hall–Kier alpha value is -2.34. The lowest BCUT2D eigenvalue weighted by Crippen LogP contribution is -2.18. The van der Waals surface area contributed by atoms with Gasteiger partial charge in [-0.05, 0) is 37.6 Å². The second-order valence-electron chi connectivity index (χ2n) is 4.89. The quantitative estimate of drug-likeness (QED) is 0.724.